The zero-order chi connectivity index (χ0) is 13.1. The molecule has 4 heteroatoms. The molecule has 1 atom stereocenters. The first kappa shape index (κ1) is 13.8. The molecular formula is C14H9Br2ClO. The number of halogens is 3. The maximum absolute atomic E-state index is 12.2. The maximum atomic E-state index is 12.2. The van der Waals surface area contributed by atoms with Gasteiger partial charge < -0.3 is 0 Å². The number of Topliss-reactive ketones (excluding diaryl/α,β-unsaturated/α-hetero) is 1. The van der Waals surface area contributed by atoms with Crippen molar-refractivity contribution in [2.24, 2.45) is 0 Å². The minimum Gasteiger partial charge on any atom is -0.292 e. The van der Waals surface area contributed by atoms with Crippen molar-refractivity contribution < 1.29 is 4.79 Å². The zero-order valence-corrected chi connectivity index (χ0v) is 13.2. The number of rotatable bonds is 3. The third kappa shape index (κ3) is 3.22. The van der Waals surface area contributed by atoms with E-state index in [4.69, 9.17) is 11.6 Å². The third-order valence-electron chi connectivity index (χ3n) is 2.48. The summed E-state index contributed by atoms with van der Waals surface area (Å²) in [6.07, 6.45) is 0. The number of ketones is 1. The highest BCUT2D eigenvalue weighted by atomic mass is 79.9. The van der Waals surface area contributed by atoms with Crippen molar-refractivity contribution in [1.29, 1.82) is 0 Å². The van der Waals surface area contributed by atoms with Gasteiger partial charge in [-0.25, -0.2) is 0 Å². The molecule has 2 aromatic carbocycles. The molecule has 0 bridgehead atoms. The Kier molecular flexibility index (Phi) is 4.60. The normalized spacial score (nSPS) is 12.2. The summed E-state index contributed by atoms with van der Waals surface area (Å²) in [5.41, 5.74) is 1.39. The van der Waals surface area contributed by atoms with Crippen LogP contribution in [0, 0.1) is 0 Å². The lowest BCUT2D eigenvalue weighted by molar-refractivity contribution is 0.0987. The lowest BCUT2D eigenvalue weighted by atomic mass is 10.0. The Hall–Kier alpha value is -0.640. The largest absolute Gasteiger partial charge is 0.292 e. The minimum atomic E-state index is -0.670. The van der Waals surface area contributed by atoms with Gasteiger partial charge >= 0.3 is 0 Å². The Morgan fingerprint density at radius 2 is 1.61 bits per heavy atom. The Morgan fingerprint density at radius 1 is 1.00 bits per heavy atom. The van der Waals surface area contributed by atoms with Crippen LogP contribution >= 0.6 is 43.5 Å². The van der Waals surface area contributed by atoms with Gasteiger partial charge in [0, 0.05) is 14.5 Å². The number of carbonyl (C=O) groups is 1. The predicted octanol–water partition coefficient (Wildman–Crippen LogP) is 5.37. The van der Waals surface area contributed by atoms with E-state index in [0.717, 1.165) is 14.5 Å². The molecule has 1 nitrogen and oxygen atoms in total. The van der Waals surface area contributed by atoms with Crippen LogP contribution in [0.25, 0.3) is 0 Å². The number of hydrogen-bond acceptors (Lipinski definition) is 1. The Labute approximate surface area is 127 Å². The molecule has 0 aromatic heterocycles. The van der Waals surface area contributed by atoms with Gasteiger partial charge in [0.15, 0.2) is 5.78 Å². The Morgan fingerprint density at radius 3 is 2.22 bits per heavy atom. The maximum Gasteiger partial charge on any atom is 0.185 e. The van der Waals surface area contributed by atoms with E-state index in [2.05, 4.69) is 31.9 Å². The van der Waals surface area contributed by atoms with Crippen molar-refractivity contribution in [3.8, 4) is 0 Å². The summed E-state index contributed by atoms with van der Waals surface area (Å²) in [4.78, 5) is 12.2. The van der Waals surface area contributed by atoms with Crippen LogP contribution in [0.4, 0.5) is 0 Å². The first-order valence-corrected chi connectivity index (χ1v) is 7.29. The van der Waals surface area contributed by atoms with Crippen molar-refractivity contribution in [3.63, 3.8) is 0 Å². The van der Waals surface area contributed by atoms with Crippen LogP contribution in [0.2, 0.25) is 0 Å². The van der Waals surface area contributed by atoms with E-state index >= 15 is 0 Å². The van der Waals surface area contributed by atoms with Gasteiger partial charge in [-0.1, -0.05) is 56.1 Å². The average molecular weight is 388 g/mol. The fraction of sp³-hybridized carbons (Fsp3) is 0.0714. The van der Waals surface area contributed by atoms with Crippen molar-refractivity contribution >= 4 is 49.2 Å². The van der Waals surface area contributed by atoms with Crippen LogP contribution in [0.1, 0.15) is 21.3 Å². The third-order valence-corrected chi connectivity index (χ3v) is 3.92. The van der Waals surface area contributed by atoms with Crippen molar-refractivity contribution in [2.75, 3.05) is 0 Å². The summed E-state index contributed by atoms with van der Waals surface area (Å²) in [6, 6.07) is 14.7. The van der Waals surface area contributed by atoms with Gasteiger partial charge in [0.1, 0.15) is 5.38 Å². The van der Waals surface area contributed by atoms with E-state index in [0.29, 0.717) is 5.56 Å². The quantitative estimate of drug-likeness (QED) is 0.510. The molecule has 2 rings (SSSR count). The van der Waals surface area contributed by atoms with E-state index in [-0.39, 0.29) is 5.78 Å². The predicted molar refractivity (Wildman–Crippen MR) is 81.2 cm³/mol. The summed E-state index contributed by atoms with van der Waals surface area (Å²) >= 11 is 12.9. The molecule has 92 valence electrons. The second-order valence-electron chi connectivity index (χ2n) is 3.79. The van der Waals surface area contributed by atoms with Crippen LogP contribution in [0.15, 0.2) is 57.5 Å². The van der Waals surface area contributed by atoms with Crippen LogP contribution < -0.4 is 0 Å². The molecule has 2 aromatic rings. The molecule has 1 unspecified atom stereocenters. The van der Waals surface area contributed by atoms with Crippen LogP contribution in [0.3, 0.4) is 0 Å². The SMILES string of the molecule is O=C(c1cccc(Br)c1)C(Cl)c1cccc(Br)c1. The van der Waals surface area contributed by atoms with Crippen molar-refractivity contribution in [1.82, 2.24) is 0 Å². The van der Waals surface area contributed by atoms with Gasteiger partial charge in [0.2, 0.25) is 0 Å². The van der Waals surface area contributed by atoms with Crippen LogP contribution in [0.5, 0.6) is 0 Å². The van der Waals surface area contributed by atoms with Gasteiger partial charge in [0.05, 0.1) is 0 Å². The highest BCUT2D eigenvalue weighted by Crippen LogP contribution is 2.27. The highest BCUT2D eigenvalue weighted by molar-refractivity contribution is 9.10. The fourth-order valence-corrected chi connectivity index (χ4v) is 2.68. The molecule has 0 spiro atoms. The zero-order valence-electron chi connectivity index (χ0n) is 9.24. The highest BCUT2D eigenvalue weighted by Gasteiger charge is 2.19. The Balaban J connectivity index is 2.29. The molecule has 0 fully saturated rings. The molecule has 0 heterocycles. The number of carbonyl (C=O) groups excluding carboxylic acids is 1. The number of benzene rings is 2. The van der Waals surface area contributed by atoms with Gasteiger partial charge in [-0.05, 0) is 29.8 Å². The summed E-state index contributed by atoms with van der Waals surface area (Å²) in [6.45, 7) is 0. The second-order valence-corrected chi connectivity index (χ2v) is 6.06. The molecule has 18 heavy (non-hydrogen) atoms. The summed E-state index contributed by atoms with van der Waals surface area (Å²) in [5, 5.41) is -0.670. The lowest BCUT2D eigenvalue weighted by Gasteiger charge is -2.09. The van der Waals surface area contributed by atoms with E-state index in [1.807, 2.05) is 36.4 Å². The van der Waals surface area contributed by atoms with Crippen molar-refractivity contribution in [2.45, 2.75) is 5.38 Å². The van der Waals surface area contributed by atoms with Crippen LogP contribution in [-0.2, 0) is 0 Å². The molecule has 0 amide bonds. The summed E-state index contributed by atoms with van der Waals surface area (Å²) in [7, 11) is 0. The van der Waals surface area contributed by atoms with Crippen LogP contribution in [-0.4, -0.2) is 5.78 Å². The van der Waals surface area contributed by atoms with E-state index in [1.165, 1.54) is 0 Å². The van der Waals surface area contributed by atoms with Gasteiger partial charge in [-0.15, -0.1) is 11.6 Å². The second kappa shape index (κ2) is 6.00. The van der Waals surface area contributed by atoms with Gasteiger partial charge in [-0.3, -0.25) is 4.79 Å². The number of alkyl halides is 1. The molecule has 0 aliphatic carbocycles. The molecule has 0 N–H and O–H groups in total. The summed E-state index contributed by atoms with van der Waals surface area (Å²) in [5.74, 6) is -0.101. The fourth-order valence-electron chi connectivity index (χ4n) is 1.60. The van der Waals surface area contributed by atoms with Gasteiger partial charge in [0.25, 0.3) is 0 Å². The monoisotopic (exact) mass is 386 g/mol. The smallest absolute Gasteiger partial charge is 0.185 e. The topological polar surface area (TPSA) is 17.1 Å². The molecule has 0 saturated carbocycles. The lowest BCUT2D eigenvalue weighted by Crippen LogP contribution is -2.07. The van der Waals surface area contributed by atoms with E-state index < -0.39 is 5.38 Å². The summed E-state index contributed by atoms with van der Waals surface area (Å²) < 4.78 is 1.78. The first-order chi connectivity index (χ1) is 8.58. The molecule has 0 radical (unpaired) electrons. The molecule has 0 aliphatic heterocycles. The average Bonchev–Trinajstić information content (AvgIpc) is 2.37. The molecular weight excluding hydrogens is 379 g/mol. The van der Waals surface area contributed by atoms with E-state index in [1.54, 1.807) is 12.1 Å². The molecule has 0 aliphatic rings. The van der Waals surface area contributed by atoms with Gasteiger partial charge in [-0.2, -0.15) is 0 Å². The number of hydrogen-bond donors (Lipinski definition) is 0. The Bertz CT molecular complexity index is 584. The standard InChI is InChI=1S/C14H9Br2ClO/c15-11-5-1-3-9(7-11)13(17)14(18)10-4-2-6-12(16)8-10/h1-8,13H. The molecule has 0 saturated heterocycles. The van der Waals surface area contributed by atoms with Crippen molar-refractivity contribution in [3.05, 3.63) is 68.6 Å². The van der Waals surface area contributed by atoms with E-state index in [9.17, 15) is 4.79 Å². The minimum absolute atomic E-state index is 0.101. The first-order valence-electron chi connectivity index (χ1n) is 5.27.